The molecule has 56 atom stereocenters. The maximum absolute atomic E-state index is 2.69. The molecular formula is C146H232. The second-order valence-corrected chi connectivity index (χ2v) is 66.5. The first-order chi connectivity index (χ1) is 66.0. The van der Waals surface area contributed by atoms with E-state index in [-0.39, 0.29) is 37.1 Å². The summed E-state index contributed by atoms with van der Waals surface area (Å²) in [6, 6.07) is 0. The highest BCUT2D eigenvalue weighted by Gasteiger charge is 2.83. The molecule has 816 valence electrons. The predicted molar refractivity (Wildman–Crippen MR) is 630 cm³/mol. The normalized spacial score (nSPS) is 55.3. The lowest BCUT2D eigenvalue weighted by Crippen LogP contribution is -2.50. The number of hydrogen-bond acceptors (Lipinski definition) is 0. The van der Waals surface area contributed by atoms with Crippen LogP contribution in [0.5, 0.6) is 0 Å². The van der Waals surface area contributed by atoms with Crippen molar-refractivity contribution >= 4 is 0 Å². The van der Waals surface area contributed by atoms with Crippen molar-refractivity contribution in [2.24, 2.45) is 402 Å². The summed E-state index contributed by atoms with van der Waals surface area (Å²) in [6.45, 7) is 91.5. The molecule has 32 aliphatic carbocycles. The summed E-state index contributed by atoms with van der Waals surface area (Å²) < 4.78 is 0. The highest BCUT2D eigenvalue weighted by atomic mass is 14.9. The average Bonchev–Trinajstić information content (AvgIpc) is 1.46. The van der Waals surface area contributed by atoms with Gasteiger partial charge in [-0.3, -0.25) is 0 Å². The molecule has 146 heavy (non-hydrogen) atoms. The predicted octanol–water partition coefficient (Wildman–Crippen LogP) is 39.9. The minimum Gasteiger partial charge on any atom is -0.0882 e. The zero-order valence-corrected chi connectivity index (χ0v) is 97.2. The number of hydrogen-bond donors (Lipinski definition) is 0. The number of allylic oxidation sites excluding steroid dienone is 24. The Morgan fingerprint density at radius 1 is 0.144 bits per heavy atom. The third-order valence-electron chi connectivity index (χ3n) is 58.5. The second-order valence-electron chi connectivity index (χ2n) is 66.5. The zero-order valence-electron chi connectivity index (χ0n) is 97.2. The van der Waals surface area contributed by atoms with Crippen molar-refractivity contribution in [2.75, 3.05) is 0 Å². The van der Waals surface area contributed by atoms with Crippen molar-refractivity contribution in [1.82, 2.24) is 0 Å². The van der Waals surface area contributed by atoms with Gasteiger partial charge in [-0.15, -0.1) is 0 Å². The lowest BCUT2D eigenvalue weighted by Gasteiger charge is -2.55. The van der Waals surface area contributed by atoms with Crippen molar-refractivity contribution < 1.29 is 0 Å². The highest BCUT2D eigenvalue weighted by Crippen LogP contribution is 2.88. The smallest absolute Gasteiger partial charge is 0.0110 e. The molecule has 0 radical (unpaired) electrons. The molecule has 32 rings (SSSR count). The van der Waals surface area contributed by atoms with Crippen molar-refractivity contribution in [3.05, 3.63) is 146 Å². The summed E-state index contributed by atoms with van der Waals surface area (Å²) in [6.07, 6.45) is 77.4. The van der Waals surface area contributed by atoms with E-state index in [0.717, 1.165) is 331 Å². The fourth-order valence-electron chi connectivity index (χ4n) is 53.2. The third kappa shape index (κ3) is 14.3. The molecule has 56 unspecified atom stereocenters. The molecule has 0 amide bonds. The highest BCUT2D eigenvalue weighted by molar-refractivity contribution is 5.38. The van der Waals surface area contributed by atoms with Crippen molar-refractivity contribution in [3.63, 3.8) is 0 Å². The van der Waals surface area contributed by atoms with Gasteiger partial charge >= 0.3 is 0 Å². The van der Waals surface area contributed by atoms with Crippen LogP contribution >= 0.6 is 0 Å². The van der Waals surface area contributed by atoms with Crippen molar-refractivity contribution in [2.45, 2.75) is 363 Å². The van der Waals surface area contributed by atoms with Crippen LogP contribution in [-0.4, -0.2) is 0 Å². The summed E-state index contributed by atoms with van der Waals surface area (Å²) in [7, 11) is 0. The summed E-state index contributed by atoms with van der Waals surface area (Å²) >= 11 is 0. The lowest BCUT2D eigenvalue weighted by molar-refractivity contribution is -0.0650. The molecule has 0 N–H and O–H groups in total. The Labute approximate surface area is 904 Å². The van der Waals surface area contributed by atoms with Crippen LogP contribution in [0, 0.1) is 402 Å². The van der Waals surface area contributed by atoms with E-state index in [2.05, 4.69) is 395 Å². The second kappa shape index (κ2) is 36.2. The Kier molecular flexibility index (Phi) is 27.6. The Morgan fingerprint density at radius 3 is 0.664 bits per heavy atom. The monoisotopic (exact) mass is 1990 g/mol. The Bertz CT molecular complexity index is 4950. The Balaban J connectivity index is 0.000000105. The summed E-state index contributed by atoms with van der Waals surface area (Å²) in [4.78, 5) is 0. The third-order valence-corrected chi connectivity index (χ3v) is 58.5. The van der Waals surface area contributed by atoms with Crippen LogP contribution in [0.25, 0.3) is 0 Å². The molecule has 20 fully saturated rings. The maximum atomic E-state index is 2.69. The van der Waals surface area contributed by atoms with E-state index in [0.29, 0.717) is 70.4 Å². The van der Waals surface area contributed by atoms with E-state index >= 15 is 0 Å². The topological polar surface area (TPSA) is 0 Å². The minimum atomic E-state index is 0. The summed E-state index contributed by atoms with van der Waals surface area (Å²) in [5, 5.41) is 0. The molecular weight excluding hydrogens is 1750 g/mol. The van der Waals surface area contributed by atoms with Crippen LogP contribution in [-0.2, 0) is 0 Å². The molecule has 20 saturated carbocycles. The average molecular weight is 1990 g/mol. The fraction of sp³-hybridized carbons (Fsp3) is 0.836. The van der Waals surface area contributed by atoms with Crippen molar-refractivity contribution in [1.29, 1.82) is 0 Å². The molecule has 0 nitrogen and oxygen atoms in total. The van der Waals surface area contributed by atoms with E-state index in [4.69, 9.17) is 0 Å². The first-order valence-electron chi connectivity index (χ1n) is 62.2. The molecule has 0 saturated heterocycles. The van der Waals surface area contributed by atoms with E-state index in [1.54, 1.807) is 0 Å². The molecule has 0 heterocycles. The molecule has 0 aromatic rings. The van der Waals surface area contributed by atoms with Gasteiger partial charge in [0.1, 0.15) is 0 Å². The lowest BCUT2D eigenvalue weighted by atomic mass is 9.50. The van der Waals surface area contributed by atoms with Gasteiger partial charge in [0, 0.05) is 0 Å². The Hall–Kier alpha value is -3.12. The molecule has 32 aliphatic rings. The summed E-state index contributed by atoms with van der Waals surface area (Å²) in [5.41, 5.74) is 7.34. The van der Waals surface area contributed by atoms with Crippen LogP contribution in [0.3, 0.4) is 0 Å². The van der Waals surface area contributed by atoms with Gasteiger partial charge in [0.15, 0.2) is 0 Å². The van der Waals surface area contributed by atoms with Gasteiger partial charge in [0.05, 0.1) is 0 Å². The zero-order chi connectivity index (χ0) is 100. The number of rotatable bonds is 0. The van der Waals surface area contributed by atoms with Gasteiger partial charge in [-0.2, -0.15) is 0 Å². The molecule has 0 aromatic carbocycles. The standard InChI is InChI=1S/C25H38.C24H38.C18H28.C13H20.2C13H18.C12H18.C12H16.C11H18.5CH4/c1-11-12(2)20-18-17(19(11)24(20,5)6)21-15-13-9-10-14(23(13,3)4)16(15)22(18)25(21,7)8;1-11-12(2)22-20-14(4)18-16-10-9-15(23(16,5)6)17(18)13(3)19(20)21(11)24(22,7)8;1-9-10(2)16-14-12-8-7-11(17(12,3)4)13(14)15(9)18(16,5)6;3*1-13(2)11-7-8-12(13)10-6-4-3-5-9(10)11;2*1-12(2)10-6-7-11(12)9-5-3-4-8(9)10;1-7-8(2)10-6-5-9(7)11(10,3)4;;;;;/h9-22H,1-8H3;9-22H,1-8H3;7-16H,1-6H3;7-12H,3-6H2,1-2H3;3,5,7-12H,4,6H2,1-2H3;3-4,7-12H,5-6H2,1-2H3;6-11H,3-5H2,1-2H3;3-4,6-11H,5H2,1-2H3;5-10H,1-4H3;5*1H4. The van der Waals surface area contributed by atoms with Crippen LogP contribution in [0.2, 0.25) is 0 Å². The quantitative estimate of drug-likeness (QED) is 0.168. The first-order valence-corrected chi connectivity index (χ1v) is 62.2. The SMILES string of the molecule is C.C.C.C.C.CC1(C)C2C=CC1C1CC=CC12.CC1(C)C2C=CC1C1CC=CCC12.CC1(C)C2C=CC1C1CCC=CC12.CC1(C)C2C=CC1C1CCCC12.CC1(C)C2C=CC1C1CCCCC12.CC1C(C)C2C3C(C1C2(C)C)C1C2C(C4C=CC2C4(C)C)C3C1(C)C.CC1C(C)C2C3C(C4C=CC3C4(C)C)C1C2(C)C.CC1C(C)C2C=CC1C2(C)C.CC1C2C(C(C)C3C1C1C(C)C(C)C3C1(C)C)C1C=CC2C1(C)C. The fourth-order valence-corrected chi connectivity index (χ4v) is 53.2. The van der Waals surface area contributed by atoms with Crippen LogP contribution in [0.1, 0.15) is 363 Å². The van der Waals surface area contributed by atoms with Gasteiger partial charge in [0.25, 0.3) is 0 Å². The van der Waals surface area contributed by atoms with Crippen LogP contribution < -0.4 is 0 Å². The summed E-state index contributed by atoms with van der Waals surface area (Å²) in [5.74, 6) is 52.7. The van der Waals surface area contributed by atoms with E-state index in [1.807, 2.05) is 0 Å². The van der Waals surface area contributed by atoms with Gasteiger partial charge in [-0.05, 0) is 460 Å². The Morgan fingerprint density at radius 2 is 0.356 bits per heavy atom. The van der Waals surface area contributed by atoms with Gasteiger partial charge in [-0.25, -0.2) is 0 Å². The van der Waals surface area contributed by atoms with E-state index < -0.39 is 0 Å². The maximum Gasteiger partial charge on any atom is -0.0110 e. The molecule has 0 aromatic heterocycles. The van der Waals surface area contributed by atoms with Gasteiger partial charge in [0.2, 0.25) is 0 Å². The molecule has 0 aliphatic heterocycles. The first kappa shape index (κ1) is 111. The number of fused-ring (bicyclic) bond motifs is 62. The van der Waals surface area contributed by atoms with Crippen LogP contribution in [0.15, 0.2) is 146 Å². The molecule has 0 heteroatoms. The largest absolute Gasteiger partial charge is 0.0882 e. The van der Waals surface area contributed by atoms with Gasteiger partial charge < -0.3 is 0 Å². The van der Waals surface area contributed by atoms with E-state index in [1.165, 1.54) is 77.0 Å². The van der Waals surface area contributed by atoms with Crippen LogP contribution in [0.4, 0.5) is 0 Å². The molecule has 26 bridgehead atoms. The van der Waals surface area contributed by atoms with Crippen molar-refractivity contribution in [3.8, 4) is 0 Å². The minimum absolute atomic E-state index is 0. The van der Waals surface area contributed by atoms with E-state index in [9.17, 15) is 0 Å². The van der Waals surface area contributed by atoms with Gasteiger partial charge in [-0.1, -0.05) is 451 Å². The molecule has 0 spiro atoms.